The maximum absolute atomic E-state index is 12.7. The monoisotopic (exact) mass is 406 g/mol. The summed E-state index contributed by atoms with van der Waals surface area (Å²) in [6.07, 6.45) is 0. The number of nitrogens with zero attached hydrogens (tertiary/aromatic N) is 1. The summed E-state index contributed by atoms with van der Waals surface area (Å²) in [7, 11) is 0. The summed E-state index contributed by atoms with van der Waals surface area (Å²) in [5.74, 6) is 1.75. The molecule has 0 atom stereocenters. The molecule has 4 aromatic carbocycles. The number of amides is 1. The summed E-state index contributed by atoms with van der Waals surface area (Å²) in [5, 5.41) is 2.91. The molecule has 0 aliphatic rings. The first-order valence-electron chi connectivity index (χ1n) is 9.85. The number of nitrogens with one attached hydrogen (secondary N) is 1. The van der Waals surface area contributed by atoms with E-state index in [0.29, 0.717) is 34.0 Å². The second-order valence-electron chi connectivity index (χ2n) is 6.96. The number of ether oxygens (including phenoxy) is 1. The highest BCUT2D eigenvalue weighted by molar-refractivity contribution is 6.05. The molecule has 0 saturated carbocycles. The Balaban J connectivity index is 1.30. The zero-order valence-electron chi connectivity index (χ0n) is 16.5. The predicted octanol–water partition coefficient (Wildman–Crippen LogP) is 6.54. The summed E-state index contributed by atoms with van der Waals surface area (Å²) < 4.78 is 11.6. The summed E-state index contributed by atoms with van der Waals surface area (Å²) >= 11 is 0. The first-order valence-corrected chi connectivity index (χ1v) is 9.85. The van der Waals surface area contributed by atoms with Crippen LogP contribution in [0.4, 0.5) is 5.69 Å². The Morgan fingerprint density at radius 1 is 0.774 bits per heavy atom. The van der Waals surface area contributed by atoms with Crippen molar-refractivity contribution >= 4 is 22.7 Å². The third-order valence-electron chi connectivity index (χ3n) is 4.76. The number of oxazole rings is 1. The molecule has 0 aliphatic carbocycles. The van der Waals surface area contributed by atoms with Gasteiger partial charge in [0.15, 0.2) is 5.58 Å². The van der Waals surface area contributed by atoms with Gasteiger partial charge in [0, 0.05) is 16.8 Å². The fourth-order valence-corrected chi connectivity index (χ4v) is 3.21. The number of aromatic nitrogens is 1. The molecular weight excluding hydrogens is 388 g/mol. The number of carbonyl (C=O) groups is 1. The topological polar surface area (TPSA) is 64.4 Å². The molecule has 5 aromatic rings. The Bertz CT molecular complexity index is 1330. The smallest absolute Gasteiger partial charge is 0.255 e. The van der Waals surface area contributed by atoms with Gasteiger partial charge in [-0.05, 0) is 66.7 Å². The maximum Gasteiger partial charge on any atom is 0.255 e. The van der Waals surface area contributed by atoms with E-state index < -0.39 is 0 Å². The van der Waals surface area contributed by atoms with Crippen molar-refractivity contribution in [1.82, 2.24) is 4.98 Å². The van der Waals surface area contributed by atoms with E-state index in [1.165, 1.54) is 0 Å². The lowest BCUT2D eigenvalue weighted by atomic mass is 10.2. The van der Waals surface area contributed by atoms with Crippen molar-refractivity contribution in [3.8, 4) is 23.0 Å². The van der Waals surface area contributed by atoms with Crippen molar-refractivity contribution < 1.29 is 13.9 Å². The molecule has 150 valence electrons. The molecule has 0 fully saturated rings. The highest BCUT2D eigenvalue weighted by Gasteiger charge is 2.11. The van der Waals surface area contributed by atoms with Crippen LogP contribution in [0.15, 0.2) is 108 Å². The number of para-hydroxylation sites is 1. The van der Waals surface area contributed by atoms with Crippen LogP contribution in [0.1, 0.15) is 10.4 Å². The first kappa shape index (κ1) is 18.6. The second-order valence-corrected chi connectivity index (χ2v) is 6.96. The zero-order chi connectivity index (χ0) is 21.0. The minimum Gasteiger partial charge on any atom is -0.457 e. The number of hydrogen-bond acceptors (Lipinski definition) is 4. The van der Waals surface area contributed by atoms with Gasteiger partial charge in [-0.15, -0.1) is 0 Å². The first-order chi connectivity index (χ1) is 15.2. The third-order valence-corrected chi connectivity index (χ3v) is 4.76. The molecule has 1 amide bonds. The Morgan fingerprint density at radius 3 is 2.19 bits per heavy atom. The van der Waals surface area contributed by atoms with Gasteiger partial charge in [-0.25, -0.2) is 4.98 Å². The van der Waals surface area contributed by atoms with E-state index in [1.807, 2.05) is 60.7 Å². The number of anilines is 1. The molecular formula is C26H18N2O3. The van der Waals surface area contributed by atoms with E-state index in [2.05, 4.69) is 10.3 Å². The summed E-state index contributed by atoms with van der Waals surface area (Å²) in [6, 6.07) is 31.6. The van der Waals surface area contributed by atoms with Crippen LogP contribution >= 0.6 is 0 Å². The highest BCUT2D eigenvalue weighted by Crippen LogP contribution is 2.26. The largest absolute Gasteiger partial charge is 0.457 e. The van der Waals surface area contributed by atoms with Gasteiger partial charge in [0.2, 0.25) is 5.89 Å². The van der Waals surface area contributed by atoms with Crippen LogP contribution in [0.5, 0.6) is 11.5 Å². The van der Waals surface area contributed by atoms with Gasteiger partial charge >= 0.3 is 0 Å². The van der Waals surface area contributed by atoms with Gasteiger partial charge < -0.3 is 14.5 Å². The van der Waals surface area contributed by atoms with E-state index in [1.54, 1.807) is 42.5 Å². The molecule has 0 unspecified atom stereocenters. The average molecular weight is 406 g/mol. The highest BCUT2D eigenvalue weighted by atomic mass is 16.5. The van der Waals surface area contributed by atoms with Crippen LogP contribution in [-0.4, -0.2) is 10.9 Å². The minimum atomic E-state index is -0.211. The lowest BCUT2D eigenvalue weighted by Crippen LogP contribution is -2.11. The fourth-order valence-electron chi connectivity index (χ4n) is 3.21. The van der Waals surface area contributed by atoms with Crippen LogP contribution in [0.25, 0.3) is 22.6 Å². The number of fused-ring (bicyclic) bond motifs is 1. The van der Waals surface area contributed by atoms with Gasteiger partial charge in [-0.3, -0.25) is 4.79 Å². The Hall–Kier alpha value is -4.38. The Morgan fingerprint density at radius 2 is 1.45 bits per heavy atom. The number of hydrogen-bond donors (Lipinski definition) is 1. The average Bonchev–Trinajstić information content (AvgIpc) is 3.24. The van der Waals surface area contributed by atoms with Crippen molar-refractivity contribution in [1.29, 1.82) is 0 Å². The Kier molecular flexibility index (Phi) is 4.91. The molecule has 5 heteroatoms. The molecule has 0 aliphatic heterocycles. The SMILES string of the molecule is O=C(Nc1ccc2oc(-c3ccccc3)nc2c1)c1ccc(Oc2ccccc2)cc1. The molecule has 1 N–H and O–H groups in total. The number of rotatable bonds is 5. The van der Waals surface area contributed by atoms with Crippen LogP contribution in [0.2, 0.25) is 0 Å². The minimum absolute atomic E-state index is 0.211. The van der Waals surface area contributed by atoms with Crippen molar-refractivity contribution in [3.63, 3.8) is 0 Å². The predicted molar refractivity (Wildman–Crippen MR) is 120 cm³/mol. The normalized spacial score (nSPS) is 10.7. The second kappa shape index (κ2) is 8.16. The molecule has 31 heavy (non-hydrogen) atoms. The van der Waals surface area contributed by atoms with Crippen LogP contribution in [0, 0.1) is 0 Å². The van der Waals surface area contributed by atoms with E-state index in [9.17, 15) is 4.79 Å². The lowest BCUT2D eigenvalue weighted by molar-refractivity contribution is 0.102. The molecule has 0 radical (unpaired) electrons. The summed E-state index contributed by atoms with van der Waals surface area (Å²) in [6.45, 7) is 0. The van der Waals surface area contributed by atoms with Crippen molar-refractivity contribution in [2.75, 3.05) is 5.32 Å². The van der Waals surface area contributed by atoms with Gasteiger partial charge in [-0.1, -0.05) is 36.4 Å². The maximum atomic E-state index is 12.7. The number of benzene rings is 4. The zero-order valence-corrected chi connectivity index (χ0v) is 16.5. The Labute approximate surface area is 178 Å². The fraction of sp³-hybridized carbons (Fsp3) is 0. The third kappa shape index (κ3) is 4.16. The molecule has 1 aromatic heterocycles. The van der Waals surface area contributed by atoms with Crippen LogP contribution < -0.4 is 10.1 Å². The molecule has 0 saturated heterocycles. The summed E-state index contributed by atoms with van der Waals surface area (Å²) in [4.78, 5) is 17.2. The lowest BCUT2D eigenvalue weighted by Gasteiger charge is -2.07. The van der Waals surface area contributed by atoms with Crippen molar-refractivity contribution in [2.45, 2.75) is 0 Å². The number of carbonyl (C=O) groups excluding carboxylic acids is 1. The van der Waals surface area contributed by atoms with Crippen LogP contribution in [0.3, 0.4) is 0 Å². The quantitative estimate of drug-likeness (QED) is 0.360. The van der Waals surface area contributed by atoms with Crippen molar-refractivity contribution in [3.05, 3.63) is 109 Å². The summed E-state index contributed by atoms with van der Waals surface area (Å²) in [5.41, 5.74) is 3.44. The molecule has 0 bridgehead atoms. The van der Waals surface area contributed by atoms with Gasteiger partial charge in [0.05, 0.1) is 0 Å². The molecule has 0 spiro atoms. The molecule has 1 heterocycles. The molecule has 5 nitrogen and oxygen atoms in total. The van der Waals surface area contributed by atoms with Crippen LogP contribution in [-0.2, 0) is 0 Å². The van der Waals surface area contributed by atoms with E-state index in [4.69, 9.17) is 9.15 Å². The standard InChI is InChI=1S/C26H18N2O3/c29-25(18-11-14-22(15-12-18)30-21-9-5-2-6-10-21)27-20-13-16-24-23(17-20)28-26(31-24)19-7-3-1-4-8-19/h1-17H,(H,27,29). The van der Waals surface area contributed by atoms with Gasteiger partial charge in [0.1, 0.15) is 17.0 Å². The van der Waals surface area contributed by atoms with E-state index in [-0.39, 0.29) is 5.91 Å². The van der Waals surface area contributed by atoms with E-state index >= 15 is 0 Å². The van der Waals surface area contributed by atoms with Gasteiger partial charge in [-0.2, -0.15) is 0 Å². The van der Waals surface area contributed by atoms with Gasteiger partial charge in [0.25, 0.3) is 5.91 Å². The van der Waals surface area contributed by atoms with E-state index in [0.717, 1.165) is 11.3 Å². The molecule has 5 rings (SSSR count). The van der Waals surface area contributed by atoms with Crippen molar-refractivity contribution in [2.24, 2.45) is 0 Å².